The Balaban J connectivity index is 1.68. The highest BCUT2D eigenvalue weighted by Crippen LogP contribution is 2.15. The van der Waals surface area contributed by atoms with Crippen LogP contribution in [0.3, 0.4) is 0 Å². The Bertz CT molecular complexity index is 646. The van der Waals surface area contributed by atoms with Gasteiger partial charge in [-0.05, 0) is 28.8 Å². The van der Waals surface area contributed by atoms with Crippen LogP contribution in [0.4, 0.5) is 0 Å². The van der Waals surface area contributed by atoms with Gasteiger partial charge in [0, 0.05) is 30.9 Å². The first kappa shape index (κ1) is 12.5. The molecule has 0 fully saturated rings. The number of hydrogen-bond donors (Lipinski definition) is 0. The molecular formula is C18H17N2+. The van der Waals surface area contributed by atoms with E-state index in [1.54, 1.807) is 0 Å². The minimum absolute atomic E-state index is 1.00. The van der Waals surface area contributed by atoms with Gasteiger partial charge in [-0.1, -0.05) is 30.3 Å². The first-order valence-electron chi connectivity index (χ1n) is 6.85. The highest BCUT2D eigenvalue weighted by Gasteiger charge is 2.03. The molecule has 0 aliphatic rings. The van der Waals surface area contributed by atoms with E-state index in [0.29, 0.717) is 0 Å². The van der Waals surface area contributed by atoms with Crippen molar-refractivity contribution in [1.29, 1.82) is 0 Å². The molecule has 98 valence electrons. The number of hydrogen-bond acceptors (Lipinski definition) is 1. The highest BCUT2D eigenvalue weighted by atomic mass is 14.9. The molecule has 0 aliphatic carbocycles. The van der Waals surface area contributed by atoms with Gasteiger partial charge in [-0.25, -0.2) is 4.57 Å². The van der Waals surface area contributed by atoms with Crippen molar-refractivity contribution in [2.24, 2.45) is 0 Å². The monoisotopic (exact) mass is 261 g/mol. The topological polar surface area (TPSA) is 16.8 Å². The van der Waals surface area contributed by atoms with Gasteiger partial charge in [-0.2, -0.15) is 0 Å². The van der Waals surface area contributed by atoms with E-state index >= 15 is 0 Å². The van der Waals surface area contributed by atoms with Gasteiger partial charge in [0.2, 0.25) is 0 Å². The predicted octanol–water partition coefficient (Wildman–Crippen LogP) is 3.28. The molecule has 0 spiro atoms. The summed E-state index contributed by atoms with van der Waals surface area (Å²) in [4.78, 5) is 4.05. The molecule has 0 saturated carbocycles. The van der Waals surface area contributed by atoms with Gasteiger partial charge in [-0.15, -0.1) is 0 Å². The van der Waals surface area contributed by atoms with Gasteiger partial charge in [0.05, 0.1) is 0 Å². The molecule has 1 aromatic carbocycles. The third kappa shape index (κ3) is 3.09. The van der Waals surface area contributed by atoms with E-state index < -0.39 is 0 Å². The van der Waals surface area contributed by atoms with Crippen LogP contribution >= 0.6 is 0 Å². The van der Waals surface area contributed by atoms with Gasteiger partial charge in [0.15, 0.2) is 18.9 Å². The molecule has 2 nitrogen and oxygen atoms in total. The van der Waals surface area contributed by atoms with Crippen molar-refractivity contribution in [3.8, 4) is 11.1 Å². The van der Waals surface area contributed by atoms with Crippen LogP contribution in [-0.2, 0) is 13.0 Å². The van der Waals surface area contributed by atoms with E-state index in [0.717, 1.165) is 13.0 Å². The second kappa shape index (κ2) is 6.11. The van der Waals surface area contributed by atoms with Crippen LogP contribution in [0.1, 0.15) is 5.56 Å². The van der Waals surface area contributed by atoms with Crippen molar-refractivity contribution in [3.63, 3.8) is 0 Å². The molecule has 2 aromatic heterocycles. The van der Waals surface area contributed by atoms with Crippen LogP contribution in [0.25, 0.3) is 11.1 Å². The molecule has 0 radical (unpaired) electrons. The van der Waals surface area contributed by atoms with Crippen LogP contribution in [0, 0.1) is 0 Å². The summed E-state index contributed by atoms with van der Waals surface area (Å²) in [5.74, 6) is 0. The number of aryl methyl sites for hydroxylation is 2. The van der Waals surface area contributed by atoms with Crippen molar-refractivity contribution in [2.45, 2.75) is 13.0 Å². The SMILES string of the molecule is c1ccc(CC[n+]2ccc(-c3ccncc3)cc2)cc1. The Morgan fingerprint density at radius 1 is 0.750 bits per heavy atom. The molecule has 0 N–H and O–H groups in total. The second-order valence-corrected chi connectivity index (χ2v) is 4.80. The van der Waals surface area contributed by atoms with Crippen LogP contribution < -0.4 is 4.57 Å². The molecule has 20 heavy (non-hydrogen) atoms. The standard InChI is InChI=1S/C18H17N2/c1-2-4-16(5-3-1)8-13-20-14-9-18(10-15-20)17-6-11-19-12-7-17/h1-7,9-12,14-15H,8,13H2/q+1. The molecule has 0 bridgehead atoms. The summed E-state index contributed by atoms with van der Waals surface area (Å²) in [7, 11) is 0. The fourth-order valence-corrected chi connectivity index (χ4v) is 2.25. The number of pyridine rings is 2. The van der Waals surface area contributed by atoms with Crippen molar-refractivity contribution in [3.05, 3.63) is 84.9 Å². The van der Waals surface area contributed by atoms with Crippen LogP contribution in [-0.4, -0.2) is 4.98 Å². The Morgan fingerprint density at radius 3 is 2.10 bits per heavy atom. The van der Waals surface area contributed by atoms with E-state index in [-0.39, 0.29) is 0 Å². The lowest BCUT2D eigenvalue weighted by Gasteiger charge is -2.01. The quantitative estimate of drug-likeness (QED) is 0.659. The number of aromatic nitrogens is 2. The lowest BCUT2D eigenvalue weighted by molar-refractivity contribution is -0.696. The second-order valence-electron chi connectivity index (χ2n) is 4.80. The summed E-state index contributed by atoms with van der Waals surface area (Å²) in [6, 6.07) is 18.9. The fourth-order valence-electron chi connectivity index (χ4n) is 2.25. The summed E-state index contributed by atoms with van der Waals surface area (Å²) in [5.41, 5.74) is 3.80. The summed E-state index contributed by atoms with van der Waals surface area (Å²) >= 11 is 0. The molecule has 0 atom stereocenters. The molecule has 3 rings (SSSR count). The number of rotatable bonds is 4. The molecule has 2 heterocycles. The fraction of sp³-hybridized carbons (Fsp3) is 0.111. The molecular weight excluding hydrogens is 244 g/mol. The van der Waals surface area contributed by atoms with Crippen LogP contribution in [0.15, 0.2) is 79.4 Å². The number of nitrogens with zero attached hydrogens (tertiary/aromatic N) is 2. The lowest BCUT2D eigenvalue weighted by Crippen LogP contribution is -2.33. The van der Waals surface area contributed by atoms with Crippen LogP contribution in [0.2, 0.25) is 0 Å². The molecule has 3 aromatic rings. The van der Waals surface area contributed by atoms with Crippen LogP contribution in [0.5, 0.6) is 0 Å². The zero-order chi connectivity index (χ0) is 13.6. The Labute approximate surface area is 119 Å². The van der Waals surface area contributed by atoms with E-state index in [4.69, 9.17) is 0 Å². The average Bonchev–Trinajstić information content (AvgIpc) is 2.55. The molecule has 0 unspecified atom stereocenters. The maximum absolute atomic E-state index is 4.05. The van der Waals surface area contributed by atoms with Gasteiger partial charge >= 0.3 is 0 Å². The molecule has 0 amide bonds. The van der Waals surface area contributed by atoms with Crippen molar-refractivity contribution >= 4 is 0 Å². The summed E-state index contributed by atoms with van der Waals surface area (Å²) in [5, 5.41) is 0. The summed E-state index contributed by atoms with van der Waals surface area (Å²) in [6.45, 7) is 1.00. The largest absolute Gasteiger partial charge is 0.265 e. The normalized spacial score (nSPS) is 10.4. The van der Waals surface area contributed by atoms with Gasteiger partial charge in [0.25, 0.3) is 0 Å². The maximum atomic E-state index is 4.05. The molecule has 2 heteroatoms. The Kier molecular flexibility index (Phi) is 3.83. The smallest absolute Gasteiger partial charge is 0.169 e. The third-order valence-electron chi connectivity index (χ3n) is 3.41. The summed E-state index contributed by atoms with van der Waals surface area (Å²) in [6.07, 6.45) is 8.98. The molecule has 0 aliphatic heterocycles. The lowest BCUT2D eigenvalue weighted by atomic mass is 10.1. The molecule has 0 saturated heterocycles. The summed E-state index contributed by atoms with van der Waals surface area (Å²) < 4.78 is 2.22. The van der Waals surface area contributed by atoms with Crippen molar-refractivity contribution in [2.75, 3.05) is 0 Å². The Morgan fingerprint density at radius 2 is 1.40 bits per heavy atom. The van der Waals surface area contributed by atoms with E-state index in [1.807, 2.05) is 24.5 Å². The van der Waals surface area contributed by atoms with Crippen molar-refractivity contribution in [1.82, 2.24) is 4.98 Å². The maximum Gasteiger partial charge on any atom is 0.169 e. The Hall–Kier alpha value is -2.48. The van der Waals surface area contributed by atoms with E-state index in [1.165, 1.54) is 16.7 Å². The first-order valence-corrected chi connectivity index (χ1v) is 6.85. The van der Waals surface area contributed by atoms with E-state index in [9.17, 15) is 0 Å². The van der Waals surface area contributed by atoms with Crippen molar-refractivity contribution < 1.29 is 4.57 Å². The predicted molar refractivity (Wildman–Crippen MR) is 80.0 cm³/mol. The first-order chi connectivity index (χ1) is 9.92. The zero-order valence-electron chi connectivity index (χ0n) is 11.3. The minimum atomic E-state index is 1.00. The third-order valence-corrected chi connectivity index (χ3v) is 3.41. The highest BCUT2D eigenvalue weighted by molar-refractivity contribution is 5.61. The zero-order valence-corrected chi connectivity index (χ0v) is 11.3. The van der Waals surface area contributed by atoms with Gasteiger partial charge < -0.3 is 0 Å². The van der Waals surface area contributed by atoms with E-state index in [2.05, 4.69) is 64.4 Å². The average molecular weight is 261 g/mol. The van der Waals surface area contributed by atoms with Gasteiger partial charge in [0.1, 0.15) is 0 Å². The van der Waals surface area contributed by atoms with Gasteiger partial charge in [-0.3, -0.25) is 4.98 Å². The minimum Gasteiger partial charge on any atom is -0.265 e. The number of benzene rings is 1.